The standard InChI is InChI=1S/C61H101N3O17/c1-12-76-28-29-78-31-30-77-27-25-62-54(67)38-79-63-55-43(6)32-39(2)18-14-13-15-19-40(3)51(73-9)36-47-23-21-45(8)61(72,81-47)58(69)59(70)64-26-17-16-20-48(64)60(71)80-52(42(5)34-46-22-24-49(65)53(35-46)74-10)37-50(66)41(4)33-44(7)56(68)57(55)75-11/h13-15,18-19,33,39,41-43,45-53,56-57,65-66,68,72H,12,16-17,20-32,34-38H2,1-11H3,(H,62,67)/b15-13+,18-14+,40-19+,44-33+,63-55+/t39-,41-,42-,43-,45-,46+,47+,48+,49-,50-,51+,52+,53-,56-,57+,61-/m1/s1. The maximum atomic E-state index is 14.6. The average Bonchev–Trinajstić information content (AvgIpc) is 3.48. The number of fused-ring (bicyclic) bond motifs is 3. The van der Waals surface area contributed by atoms with E-state index in [4.69, 9.17) is 42.7 Å². The third kappa shape index (κ3) is 21.9. The summed E-state index contributed by atoms with van der Waals surface area (Å²) in [4.78, 5) is 63.1. The number of aliphatic hydroxyl groups excluding tert-OH is 3. The number of oxime groups is 1. The molecule has 0 unspecified atom stereocenters. The van der Waals surface area contributed by atoms with E-state index >= 15 is 0 Å². The minimum atomic E-state index is -2.44. The quantitative estimate of drug-likeness (QED) is 0.0329. The summed E-state index contributed by atoms with van der Waals surface area (Å²) in [5, 5.41) is 54.0. The minimum Gasteiger partial charge on any atom is -0.460 e. The zero-order chi connectivity index (χ0) is 59.6. The highest BCUT2D eigenvalue weighted by atomic mass is 16.6. The molecule has 1 aliphatic carbocycles. The number of ketones is 1. The number of methoxy groups -OCH3 is 3. The van der Waals surface area contributed by atoms with Crippen LogP contribution in [-0.4, -0.2) is 196 Å². The van der Waals surface area contributed by atoms with Gasteiger partial charge >= 0.3 is 5.97 Å². The molecule has 3 heterocycles. The van der Waals surface area contributed by atoms with Gasteiger partial charge in [0.2, 0.25) is 5.79 Å². The second-order valence-electron chi connectivity index (χ2n) is 23.0. The Balaban J connectivity index is 1.67. The lowest BCUT2D eigenvalue weighted by molar-refractivity contribution is -0.265. The first kappa shape index (κ1) is 69.6. The summed E-state index contributed by atoms with van der Waals surface area (Å²) in [7, 11) is 4.61. The van der Waals surface area contributed by atoms with Crippen LogP contribution < -0.4 is 5.32 Å². The predicted octanol–water partition coefficient (Wildman–Crippen LogP) is 5.96. The van der Waals surface area contributed by atoms with Crippen molar-refractivity contribution >= 4 is 29.3 Å². The fraction of sp³-hybridized carbons (Fsp3) is 0.787. The van der Waals surface area contributed by atoms with Gasteiger partial charge in [-0.3, -0.25) is 14.4 Å². The molecule has 0 aromatic carbocycles. The maximum absolute atomic E-state index is 14.6. The molecule has 16 atom stereocenters. The van der Waals surface area contributed by atoms with E-state index in [0.717, 1.165) is 12.0 Å². The van der Waals surface area contributed by atoms with Crippen molar-refractivity contribution in [3.63, 3.8) is 0 Å². The number of rotatable bonds is 19. The van der Waals surface area contributed by atoms with Gasteiger partial charge in [-0.05, 0) is 114 Å². The molecule has 0 aromatic rings. The average molecular weight is 1150 g/mol. The molecule has 20 nitrogen and oxygen atoms in total. The number of ether oxygens (including phenoxy) is 8. The SMILES string of the molecule is CCOCCOCCOCCNC(=O)CO/N=C1\[C@H](C)C[C@H](C)/C=C/C=C/C=C(\C)[C@@H](OC)C[C@@H]2CC[C@@H](C)[C@@](O)(O2)C(=O)C(=O)N2CCCC[C@H]2C(=O)O[C@H]([C@H](C)C[C@@H]2CC[C@@H](O)[C@H](OC)C2)C[C@@H](O)[C@H](C)/C=C(\C)[C@@H](O)[C@H]1OC. The first-order chi connectivity index (χ1) is 38.7. The van der Waals surface area contributed by atoms with Crippen LogP contribution in [0.2, 0.25) is 0 Å². The number of piperidine rings is 1. The minimum absolute atomic E-state index is 0.00185. The molecule has 0 spiro atoms. The molecule has 2 amide bonds. The summed E-state index contributed by atoms with van der Waals surface area (Å²) in [6.45, 7) is 17.6. The molecule has 4 aliphatic rings. The molecule has 1 saturated carbocycles. The molecule has 2 saturated heterocycles. The number of esters is 1. The van der Waals surface area contributed by atoms with E-state index in [9.17, 15) is 39.6 Å². The maximum Gasteiger partial charge on any atom is 0.329 e. The van der Waals surface area contributed by atoms with Crippen molar-refractivity contribution in [1.29, 1.82) is 0 Å². The largest absolute Gasteiger partial charge is 0.460 e. The Morgan fingerprint density at radius 2 is 1.54 bits per heavy atom. The fourth-order valence-corrected chi connectivity index (χ4v) is 11.5. The van der Waals surface area contributed by atoms with E-state index in [-0.39, 0.29) is 62.3 Å². The number of nitrogens with one attached hydrogen (secondary N) is 1. The van der Waals surface area contributed by atoms with Gasteiger partial charge < -0.3 is 73.4 Å². The number of Topliss-reactive ketones (excluding diaryl/α,β-unsaturated/α-hetero) is 1. The van der Waals surface area contributed by atoms with Gasteiger partial charge in [-0.15, -0.1) is 0 Å². The molecule has 5 N–H and O–H groups in total. The van der Waals surface area contributed by atoms with Gasteiger partial charge in [0.1, 0.15) is 24.4 Å². The van der Waals surface area contributed by atoms with Gasteiger partial charge in [0.25, 0.3) is 17.6 Å². The topological polar surface area (TPSA) is 260 Å². The molecule has 462 valence electrons. The fourth-order valence-electron chi connectivity index (χ4n) is 11.5. The van der Waals surface area contributed by atoms with Crippen LogP contribution in [0.15, 0.2) is 52.8 Å². The second kappa shape index (κ2) is 36.0. The summed E-state index contributed by atoms with van der Waals surface area (Å²) in [6.07, 6.45) is 10.7. The number of aliphatic hydroxyl groups is 4. The van der Waals surface area contributed by atoms with Crippen LogP contribution in [0.5, 0.6) is 0 Å². The lowest BCUT2D eigenvalue weighted by Gasteiger charge is -2.43. The number of cyclic esters (lactones) is 1. The van der Waals surface area contributed by atoms with E-state index in [1.807, 2.05) is 58.1 Å². The molecular formula is C61H101N3O17. The number of allylic oxidation sites excluding steroid dienone is 5. The molecule has 3 fully saturated rings. The summed E-state index contributed by atoms with van der Waals surface area (Å²) >= 11 is 0. The van der Waals surface area contributed by atoms with Gasteiger partial charge in [0, 0.05) is 71.6 Å². The number of amides is 2. The molecule has 0 radical (unpaired) electrons. The highest BCUT2D eigenvalue weighted by Crippen LogP contribution is 2.38. The van der Waals surface area contributed by atoms with Crippen LogP contribution in [-0.2, 0) is 61.9 Å². The first-order valence-electron chi connectivity index (χ1n) is 29.7. The Kier molecular flexibility index (Phi) is 30.9. The lowest BCUT2D eigenvalue weighted by Crippen LogP contribution is -2.61. The smallest absolute Gasteiger partial charge is 0.329 e. The molecule has 20 heteroatoms. The Bertz CT molecular complexity index is 2080. The predicted molar refractivity (Wildman–Crippen MR) is 306 cm³/mol. The highest BCUT2D eigenvalue weighted by molar-refractivity contribution is 6.39. The van der Waals surface area contributed by atoms with Crippen LogP contribution in [0, 0.1) is 35.5 Å². The van der Waals surface area contributed by atoms with Crippen molar-refractivity contribution in [2.45, 2.75) is 193 Å². The third-order valence-electron chi connectivity index (χ3n) is 16.6. The van der Waals surface area contributed by atoms with Crippen LogP contribution in [0.1, 0.15) is 132 Å². The normalized spacial score (nSPS) is 36.1. The second-order valence-corrected chi connectivity index (χ2v) is 23.0. The summed E-state index contributed by atoms with van der Waals surface area (Å²) in [6, 6.07) is -1.14. The zero-order valence-electron chi connectivity index (χ0n) is 50.5. The number of carbonyl (C=O) groups excluding carboxylic acids is 4. The van der Waals surface area contributed by atoms with Crippen molar-refractivity contribution in [2.24, 2.45) is 40.7 Å². The number of nitrogens with zero attached hydrogens (tertiary/aromatic N) is 2. The number of hydrogen-bond donors (Lipinski definition) is 5. The highest BCUT2D eigenvalue weighted by Gasteiger charge is 2.53. The van der Waals surface area contributed by atoms with Crippen LogP contribution in [0.3, 0.4) is 0 Å². The molecule has 2 bridgehead atoms. The summed E-state index contributed by atoms with van der Waals surface area (Å²) in [5.41, 5.74) is 1.70. The van der Waals surface area contributed by atoms with Gasteiger partial charge in [-0.1, -0.05) is 76.2 Å². The molecular weight excluding hydrogens is 1050 g/mol. The van der Waals surface area contributed by atoms with Crippen molar-refractivity contribution in [3.8, 4) is 0 Å². The molecule has 0 aromatic heterocycles. The van der Waals surface area contributed by atoms with Gasteiger partial charge in [0.05, 0.1) is 69.3 Å². The molecule has 81 heavy (non-hydrogen) atoms. The van der Waals surface area contributed by atoms with Crippen molar-refractivity contribution in [2.75, 3.05) is 80.7 Å². The van der Waals surface area contributed by atoms with E-state index in [0.29, 0.717) is 102 Å². The van der Waals surface area contributed by atoms with Crippen LogP contribution in [0.4, 0.5) is 0 Å². The van der Waals surface area contributed by atoms with Crippen molar-refractivity contribution in [1.82, 2.24) is 10.2 Å². The van der Waals surface area contributed by atoms with Gasteiger partial charge in [-0.25, -0.2) is 4.79 Å². The molecule has 3 aliphatic heterocycles. The Morgan fingerprint density at radius 3 is 2.23 bits per heavy atom. The molecule has 4 rings (SSSR count). The lowest BCUT2D eigenvalue weighted by atomic mass is 9.78. The first-order valence-corrected chi connectivity index (χ1v) is 29.7. The van der Waals surface area contributed by atoms with Crippen LogP contribution in [0.25, 0.3) is 0 Å². The third-order valence-corrected chi connectivity index (χ3v) is 16.6. The summed E-state index contributed by atoms with van der Waals surface area (Å²) < 4.78 is 46.4. The summed E-state index contributed by atoms with van der Waals surface area (Å²) in [5.74, 6) is -7.58. The van der Waals surface area contributed by atoms with E-state index < -0.39 is 96.6 Å². The Hall–Kier alpha value is -3.93. The van der Waals surface area contributed by atoms with Gasteiger partial charge in [-0.2, -0.15) is 0 Å². The van der Waals surface area contributed by atoms with Crippen LogP contribution >= 0.6 is 0 Å². The van der Waals surface area contributed by atoms with Crippen molar-refractivity contribution < 1.29 is 82.3 Å². The number of hydrogen-bond acceptors (Lipinski definition) is 18. The monoisotopic (exact) mass is 1150 g/mol. The zero-order valence-corrected chi connectivity index (χ0v) is 50.5. The van der Waals surface area contributed by atoms with Crippen molar-refractivity contribution in [3.05, 3.63) is 47.6 Å². The van der Waals surface area contributed by atoms with E-state index in [2.05, 4.69) is 17.4 Å². The van der Waals surface area contributed by atoms with Gasteiger partial charge in [0.15, 0.2) is 6.61 Å². The Labute approximate surface area is 482 Å². The Morgan fingerprint density at radius 1 is 0.827 bits per heavy atom. The number of carbonyl (C=O) groups is 4. The van der Waals surface area contributed by atoms with E-state index in [1.54, 1.807) is 41.1 Å². The van der Waals surface area contributed by atoms with E-state index in [1.165, 1.54) is 12.0 Å².